The zero-order valence-corrected chi connectivity index (χ0v) is 18.0. The van der Waals surface area contributed by atoms with Gasteiger partial charge in [-0.25, -0.2) is 14.1 Å². The van der Waals surface area contributed by atoms with E-state index < -0.39 is 11.7 Å². The number of hydrogen-bond acceptors (Lipinski definition) is 6. The van der Waals surface area contributed by atoms with Crippen molar-refractivity contribution in [2.24, 2.45) is 5.73 Å². The first-order chi connectivity index (χ1) is 15.9. The molecule has 0 aliphatic carbocycles. The van der Waals surface area contributed by atoms with Crippen LogP contribution in [0.25, 0.3) is 11.4 Å². The van der Waals surface area contributed by atoms with E-state index in [1.165, 1.54) is 22.9 Å². The third kappa shape index (κ3) is 4.30. The van der Waals surface area contributed by atoms with Crippen molar-refractivity contribution in [1.29, 1.82) is 5.26 Å². The summed E-state index contributed by atoms with van der Waals surface area (Å²) in [5.74, 6) is -0.583. The molecule has 166 valence electrons. The van der Waals surface area contributed by atoms with Gasteiger partial charge in [0.05, 0.1) is 17.1 Å². The Balaban J connectivity index is 1.64. The Morgan fingerprint density at radius 2 is 2.03 bits per heavy atom. The third-order valence-corrected chi connectivity index (χ3v) is 4.95. The van der Waals surface area contributed by atoms with Gasteiger partial charge in [0.25, 0.3) is 5.91 Å². The van der Waals surface area contributed by atoms with Gasteiger partial charge in [-0.05, 0) is 29.8 Å². The third-order valence-electron chi connectivity index (χ3n) is 4.95. The van der Waals surface area contributed by atoms with E-state index in [-0.39, 0.29) is 17.1 Å². The van der Waals surface area contributed by atoms with Crippen LogP contribution in [0.4, 0.5) is 16.0 Å². The molecule has 4 rings (SSSR count). The number of hydrogen-bond donors (Lipinski definition) is 2. The predicted molar refractivity (Wildman–Crippen MR) is 122 cm³/mol. The summed E-state index contributed by atoms with van der Waals surface area (Å²) in [6, 6.07) is 14.9. The number of nitriles is 1. The van der Waals surface area contributed by atoms with Crippen LogP contribution in [0.3, 0.4) is 0 Å². The lowest BCUT2D eigenvalue weighted by Gasteiger charge is -2.15. The molecule has 4 aromatic rings. The number of imidazole rings is 1. The topological polar surface area (TPSA) is 118 Å². The molecule has 1 amide bonds. The summed E-state index contributed by atoms with van der Waals surface area (Å²) in [5, 5.41) is 16.0. The van der Waals surface area contributed by atoms with Gasteiger partial charge in [0, 0.05) is 45.2 Å². The summed E-state index contributed by atoms with van der Waals surface area (Å²) >= 11 is 0. The highest BCUT2D eigenvalue weighted by atomic mass is 19.1. The number of rotatable bonds is 6. The van der Waals surface area contributed by atoms with E-state index in [1.54, 1.807) is 46.1 Å². The maximum absolute atomic E-state index is 14.9. The molecular formula is C23H21FN8O. The summed E-state index contributed by atoms with van der Waals surface area (Å²) in [4.78, 5) is 19.1. The van der Waals surface area contributed by atoms with Crippen molar-refractivity contribution >= 4 is 17.5 Å². The first-order valence-corrected chi connectivity index (χ1v) is 10.0. The van der Waals surface area contributed by atoms with E-state index in [4.69, 9.17) is 5.73 Å². The van der Waals surface area contributed by atoms with Crippen molar-refractivity contribution < 1.29 is 9.18 Å². The Morgan fingerprint density at radius 1 is 1.21 bits per heavy atom. The summed E-state index contributed by atoms with van der Waals surface area (Å²) in [6.45, 7) is 0.311. The second-order valence-electron chi connectivity index (χ2n) is 7.42. The second kappa shape index (κ2) is 8.94. The number of anilines is 2. The zero-order chi connectivity index (χ0) is 23.5. The number of aromatic nitrogens is 4. The molecule has 3 N–H and O–H groups in total. The van der Waals surface area contributed by atoms with Gasteiger partial charge in [-0.3, -0.25) is 9.36 Å². The van der Waals surface area contributed by atoms with Crippen LogP contribution in [-0.2, 0) is 6.54 Å². The van der Waals surface area contributed by atoms with Gasteiger partial charge in [-0.1, -0.05) is 12.1 Å². The standard InChI is InChI=1S/C23H21FN8O/c1-30(2)23-27-8-9-31(23)17-6-7-20(19(24)12-17)28-22(33)21-11-16(14-26)29-32(21)18-5-3-4-15(10-18)13-25/h3-12H,13,25H2,1-2H3,(H,28,33). The number of halogens is 1. The highest BCUT2D eigenvalue weighted by molar-refractivity contribution is 6.03. The van der Waals surface area contributed by atoms with Gasteiger partial charge in [0.15, 0.2) is 5.69 Å². The van der Waals surface area contributed by atoms with Crippen LogP contribution in [0.5, 0.6) is 0 Å². The molecule has 9 nitrogen and oxygen atoms in total. The van der Waals surface area contributed by atoms with Crippen LogP contribution >= 0.6 is 0 Å². The Kier molecular flexibility index (Phi) is 5.89. The molecule has 0 atom stereocenters. The largest absolute Gasteiger partial charge is 0.348 e. The second-order valence-corrected chi connectivity index (χ2v) is 7.42. The number of amides is 1. The summed E-state index contributed by atoms with van der Waals surface area (Å²) in [6.07, 6.45) is 3.34. The minimum Gasteiger partial charge on any atom is -0.348 e. The van der Waals surface area contributed by atoms with E-state index in [9.17, 15) is 14.4 Å². The molecule has 0 aliphatic rings. The molecule has 0 bridgehead atoms. The fourth-order valence-electron chi connectivity index (χ4n) is 3.38. The molecule has 0 saturated carbocycles. The lowest BCUT2D eigenvalue weighted by atomic mass is 10.2. The predicted octanol–water partition coefficient (Wildman–Crippen LogP) is 2.85. The summed E-state index contributed by atoms with van der Waals surface area (Å²) in [7, 11) is 3.68. The Morgan fingerprint density at radius 3 is 2.73 bits per heavy atom. The maximum Gasteiger partial charge on any atom is 0.274 e. The SMILES string of the molecule is CN(C)c1nccn1-c1ccc(NC(=O)c2cc(C#N)nn2-c2cccc(CN)c2)c(F)c1. The van der Waals surface area contributed by atoms with Gasteiger partial charge >= 0.3 is 0 Å². The van der Waals surface area contributed by atoms with Crippen LogP contribution in [-0.4, -0.2) is 39.3 Å². The average molecular weight is 444 g/mol. The van der Waals surface area contributed by atoms with Crippen molar-refractivity contribution in [3.8, 4) is 17.4 Å². The highest BCUT2D eigenvalue weighted by Gasteiger charge is 2.19. The van der Waals surface area contributed by atoms with Crippen LogP contribution in [0.2, 0.25) is 0 Å². The van der Waals surface area contributed by atoms with Crippen LogP contribution in [0.1, 0.15) is 21.7 Å². The number of carbonyl (C=O) groups excluding carboxylic acids is 1. The summed E-state index contributed by atoms with van der Waals surface area (Å²) in [5.41, 5.74) is 7.82. The Labute approximate surface area is 189 Å². The molecule has 2 aromatic heterocycles. The highest BCUT2D eigenvalue weighted by Crippen LogP contribution is 2.23. The van der Waals surface area contributed by atoms with E-state index in [1.807, 2.05) is 26.2 Å². The van der Waals surface area contributed by atoms with Gasteiger partial charge in [0.1, 0.15) is 17.6 Å². The van der Waals surface area contributed by atoms with Crippen LogP contribution in [0, 0.1) is 17.1 Å². The summed E-state index contributed by atoms with van der Waals surface area (Å²) < 4.78 is 18.0. The molecule has 2 heterocycles. The molecule has 2 aromatic carbocycles. The number of nitrogens with zero attached hydrogens (tertiary/aromatic N) is 6. The van der Waals surface area contributed by atoms with Crippen LogP contribution < -0.4 is 16.0 Å². The van der Waals surface area contributed by atoms with E-state index >= 15 is 0 Å². The lowest BCUT2D eigenvalue weighted by Crippen LogP contribution is -2.18. The van der Waals surface area contributed by atoms with Crippen molar-refractivity contribution in [1.82, 2.24) is 19.3 Å². The fraction of sp³-hybridized carbons (Fsp3) is 0.130. The molecule has 0 spiro atoms. The molecule has 0 aliphatic heterocycles. The monoisotopic (exact) mass is 444 g/mol. The minimum absolute atomic E-state index is 0.00256. The molecule has 0 radical (unpaired) electrons. The van der Waals surface area contributed by atoms with Crippen molar-refractivity contribution in [2.75, 3.05) is 24.3 Å². The number of carbonyl (C=O) groups is 1. The van der Waals surface area contributed by atoms with Crippen molar-refractivity contribution in [3.63, 3.8) is 0 Å². The first-order valence-electron chi connectivity index (χ1n) is 10.0. The zero-order valence-electron chi connectivity index (χ0n) is 18.0. The molecule has 0 fully saturated rings. The average Bonchev–Trinajstić information content (AvgIpc) is 3.48. The van der Waals surface area contributed by atoms with Gasteiger partial charge in [-0.15, -0.1) is 0 Å². The smallest absolute Gasteiger partial charge is 0.274 e. The minimum atomic E-state index is -0.615. The number of nitrogens with one attached hydrogen (secondary N) is 1. The van der Waals surface area contributed by atoms with E-state index in [0.29, 0.717) is 23.9 Å². The maximum atomic E-state index is 14.9. The van der Waals surface area contributed by atoms with E-state index in [2.05, 4.69) is 15.4 Å². The first kappa shape index (κ1) is 21.7. The Hall–Kier alpha value is -4.49. The molecular weight excluding hydrogens is 423 g/mol. The van der Waals surface area contributed by atoms with Gasteiger partial charge in [0.2, 0.25) is 5.95 Å². The van der Waals surface area contributed by atoms with E-state index in [0.717, 1.165) is 5.56 Å². The van der Waals surface area contributed by atoms with Crippen molar-refractivity contribution in [3.05, 3.63) is 83.7 Å². The van der Waals surface area contributed by atoms with Crippen LogP contribution in [0.15, 0.2) is 60.9 Å². The Bertz CT molecular complexity index is 1370. The quantitative estimate of drug-likeness (QED) is 0.472. The molecule has 0 saturated heterocycles. The van der Waals surface area contributed by atoms with Crippen molar-refractivity contribution in [2.45, 2.75) is 6.54 Å². The molecule has 0 unspecified atom stereocenters. The molecule has 33 heavy (non-hydrogen) atoms. The molecule has 10 heteroatoms. The lowest BCUT2D eigenvalue weighted by molar-refractivity contribution is 0.101. The number of benzene rings is 2. The van der Waals surface area contributed by atoms with Gasteiger partial charge in [-0.2, -0.15) is 10.4 Å². The normalized spacial score (nSPS) is 10.6. The van der Waals surface area contributed by atoms with Gasteiger partial charge < -0.3 is 16.0 Å². The number of nitrogens with two attached hydrogens (primary N) is 1. The fourth-order valence-corrected chi connectivity index (χ4v) is 3.38.